The summed E-state index contributed by atoms with van der Waals surface area (Å²) < 4.78 is 0. The van der Waals surface area contributed by atoms with Crippen molar-refractivity contribution in [2.75, 3.05) is 17.7 Å². The molecule has 6 heteroatoms. The molecule has 0 aliphatic rings. The van der Waals surface area contributed by atoms with Gasteiger partial charge in [0.15, 0.2) is 0 Å². The number of nitrogens with zero attached hydrogens (tertiary/aromatic N) is 2. The van der Waals surface area contributed by atoms with Crippen LogP contribution >= 0.6 is 22.7 Å². The number of nitrogens with one attached hydrogen (secondary N) is 2. The maximum Gasteiger partial charge on any atom is 0.225 e. The fourth-order valence-corrected chi connectivity index (χ4v) is 3.96. The van der Waals surface area contributed by atoms with Crippen molar-refractivity contribution in [3.05, 3.63) is 32.8 Å². The highest BCUT2D eigenvalue weighted by Gasteiger charge is 2.11. The van der Waals surface area contributed by atoms with Crippen LogP contribution in [0.5, 0.6) is 0 Å². The third-order valence-electron chi connectivity index (χ3n) is 3.42. The van der Waals surface area contributed by atoms with E-state index in [1.165, 1.54) is 16.0 Å². The third-order valence-corrected chi connectivity index (χ3v) is 5.51. The summed E-state index contributed by atoms with van der Waals surface area (Å²) in [5, 5.41) is 12.0. The number of hydrogen-bond donors (Lipinski definition) is 2. The van der Waals surface area contributed by atoms with Crippen molar-refractivity contribution in [3.63, 3.8) is 0 Å². The van der Waals surface area contributed by atoms with E-state index in [0.29, 0.717) is 5.95 Å². The summed E-state index contributed by atoms with van der Waals surface area (Å²) in [7, 11) is 1.85. The molecule has 0 aromatic carbocycles. The van der Waals surface area contributed by atoms with Crippen LogP contribution in [0, 0.1) is 6.92 Å². The zero-order chi connectivity index (χ0) is 14.8. The molecule has 0 aliphatic heterocycles. The Kier molecular flexibility index (Phi) is 4.07. The molecule has 0 radical (unpaired) electrons. The van der Waals surface area contributed by atoms with Crippen LogP contribution < -0.4 is 10.6 Å². The lowest BCUT2D eigenvalue weighted by Gasteiger charge is -2.08. The van der Waals surface area contributed by atoms with Gasteiger partial charge < -0.3 is 10.6 Å². The molecule has 0 unspecified atom stereocenters. The van der Waals surface area contributed by atoms with Gasteiger partial charge in [0.25, 0.3) is 0 Å². The number of aromatic nitrogens is 2. The van der Waals surface area contributed by atoms with Gasteiger partial charge in [-0.2, -0.15) is 16.3 Å². The second-order valence-electron chi connectivity index (χ2n) is 4.86. The summed E-state index contributed by atoms with van der Waals surface area (Å²) in [6.07, 6.45) is 1.03. The predicted octanol–water partition coefficient (Wildman–Crippen LogP) is 4.28. The molecule has 21 heavy (non-hydrogen) atoms. The molecule has 0 saturated heterocycles. The molecule has 3 rings (SSSR count). The fraction of sp³-hybridized carbons (Fsp3) is 0.333. The highest BCUT2D eigenvalue weighted by molar-refractivity contribution is 7.18. The van der Waals surface area contributed by atoms with E-state index in [0.717, 1.165) is 29.0 Å². The average Bonchev–Trinajstić information content (AvgIpc) is 3.10. The van der Waals surface area contributed by atoms with Gasteiger partial charge >= 0.3 is 0 Å². The second kappa shape index (κ2) is 5.99. The van der Waals surface area contributed by atoms with E-state index < -0.39 is 0 Å². The van der Waals surface area contributed by atoms with E-state index >= 15 is 0 Å². The highest BCUT2D eigenvalue weighted by atomic mass is 32.1. The quantitative estimate of drug-likeness (QED) is 0.737. The molecule has 110 valence electrons. The maximum atomic E-state index is 4.57. The van der Waals surface area contributed by atoms with E-state index in [1.54, 1.807) is 22.7 Å². The normalized spacial score (nSPS) is 11.0. The molecular weight excluding hydrogens is 300 g/mol. The third kappa shape index (κ3) is 2.87. The molecule has 0 aliphatic carbocycles. The number of anilines is 2. The number of rotatable bonds is 5. The molecule has 3 aromatic rings. The Morgan fingerprint density at radius 1 is 1.24 bits per heavy atom. The molecule has 3 heterocycles. The van der Waals surface area contributed by atoms with Crippen LogP contribution in [-0.4, -0.2) is 17.0 Å². The van der Waals surface area contributed by atoms with E-state index in [-0.39, 0.29) is 0 Å². The van der Waals surface area contributed by atoms with Crippen LogP contribution in [-0.2, 0) is 13.0 Å². The van der Waals surface area contributed by atoms with Crippen LogP contribution in [0.2, 0.25) is 0 Å². The zero-order valence-electron chi connectivity index (χ0n) is 12.4. The molecular formula is C15H18N4S2. The van der Waals surface area contributed by atoms with Crippen molar-refractivity contribution < 1.29 is 0 Å². The van der Waals surface area contributed by atoms with Crippen LogP contribution in [0.3, 0.4) is 0 Å². The summed E-state index contributed by atoms with van der Waals surface area (Å²) in [5.41, 5.74) is 2.65. The van der Waals surface area contributed by atoms with Gasteiger partial charge in [0.2, 0.25) is 5.95 Å². The van der Waals surface area contributed by atoms with E-state index in [1.807, 2.05) is 7.05 Å². The van der Waals surface area contributed by atoms with Gasteiger partial charge in [-0.05, 0) is 41.3 Å². The predicted molar refractivity (Wildman–Crippen MR) is 92.7 cm³/mol. The van der Waals surface area contributed by atoms with Gasteiger partial charge in [-0.25, -0.2) is 4.98 Å². The maximum absolute atomic E-state index is 4.57. The van der Waals surface area contributed by atoms with Gasteiger partial charge in [0.05, 0.1) is 5.39 Å². The first kappa shape index (κ1) is 14.3. The van der Waals surface area contributed by atoms with Crippen molar-refractivity contribution in [1.82, 2.24) is 9.97 Å². The van der Waals surface area contributed by atoms with Crippen molar-refractivity contribution in [2.45, 2.75) is 26.8 Å². The molecule has 0 atom stereocenters. The van der Waals surface area contributed by atoms with Gasteiger partial charge in [0, 0.05) is 18.5 Å². The summed E-state index contributed by atoms with van der Waals surface area (Å²) in [4.78, 5) is 11.5. The van der Waals surface area contributed by atoms with Gasteiger partial charge in [0.1, 0.15) is 10.6 Å². The first-order chi connectivity index (χ1) is 10.2. The van der Waals surface area contributed by atoms with Crippen molar-refractivity contribution in [3.8, 4) is 0 Å². The average molecular weight is 318 g/mol. The van der Waals surface area contributed by atoms with Gasteiger partial charge in [-0.15, -0.1) is 11.3 Å². The van der Waals surface area contributed by atoms with E-state index in [2.05, 4.69) is 51.3 Å². The number of fused-ring (bicyclic) bond motifs is 1. The summed E-state index contributed by atoms with van der Waals surface area (Å²) in [5.74, 6) is 1.57. The summed E-state index contributed by atoms with van der Waals surface area (Å²) >= 11 is 3.48. The Bertz CT molecular complexity index is 760. The molecule has 2 N–H and O–H groups in total. The Morgan fingerprint density at radius 2 is 2.10 bits per heavy atom. The molecule has 0 fully saturated rings. The van der Waals surface area contributed by atoms with Crippen LogP contribution in [0.15, 0.2) is 16.8 Å². The Balaban J connectivity index is 1.95. The molecule has 0 spiro atoms. The lowest BCUT2D eigenvalue weighted by molar-refractivity contribution is 1.10. The lowest BCUT2D eigenvalue weighted by atomic mass is 10.2. The number of hydrogen-bond acceptors (Lipinski definition) is 6. The highest BCUT2D eigenvalue weighted by Crippen LogP contribution is 2.30. The fourth-order valence-electron chi connectivity index (χ4n) is 2.14. The Hall–Kier alpha value is -1.66. The van der Waals surface area contributed by atoms with Crippen molar-refractivity contribution >= 4 is 44.7 Å². The van der Waals surface area contributed by atoms with Crippen LogP contribution in [0.1, 0.15) is 22.9 Å². The minimum Gasteiger partial charge on any atom is -0.365 e. The standard InChI is InChI=1S/C15H18N4S2/c1-4-11-5-12-13(17-6-10-8-20-7-9(10)2)18-15(16-3)19-14(12)21-11/h5,7-8H,4,6H2,1-3H3,(H2,16,17,18,19). The Labute approximate surface area is 132 Å². The summed E-state index contributed by atoms with van der Waals surface area (Å²) in [6.45, 7) is 5.10. The molecule has 0 saturated carbocycles. The topological polar surface area (TPSA) is 49.8 Å². The van der Waals surface area contributed by atoms with Crippen molar-refractivity contribution in [1.29, 1.82) is 0 Å². The second-order valence-corrected chi connectivity index (χ2v) is 6.72. The van der Waals surface area contributed by atoms with E-state index in [9.17, 15) is 0 Å². The zero-order valence-corrected chi connectivity index (χ0v) is 14.0. The number of thiophene rings is 2. The van der Waals surface area contributed by atoms with Crippen LogP contribution in [0.4, 0.5) is 11.8 Å². The Morgan fingerprint density at radius 3 is 2.76 bits per heavy atom. The van der Waals surface area contributed by atoms with Gasteiger partial charge in [-0.3, -0.25) is 0 Å². The minimum atomic E-state index is 0.663. The molecule has 4 nitrogen and oxygen atoms in total. The first-order valence-electron chi connectivity index (χ1n) is 6.95. The lowest BCUT2D eigenvalue weighted by Crippen LogP contribution is -2.05. The molecule has 3 aromatic heterocycles. The first-order valence-corrected chi connectivity index (χ1v) is 8.71. The molecule has 0 amide bonds. The largest absolute Gasteiger partial charge is 0.365 e. The smallest absolute Gasteiger partial charge is 0.225 e. The van der Waals surface area contributed by atoms with Crippen LogP contribution in [0.25, 0.3) is 10.2 Å². The monoisotopic (exact) mass is 318 g/mol. The van der Waals surface area contributed by atoms with Crippen molar-refractivity contribution in [2.24, 2.45) is 0 Å². The van der Waals surface area contributed by atoms with Gasteiger partial charge in [-0.1, -0.05) is 6.92 Å². The number of aryl methyl sites for hydroxylation is 2. The SMILES string of the molecule is CCc1cc2c(NCc3cscc3C)nc(NC)nc2s1. The van der Waals surface area contributed by atoms with E-state index in [4.69, 9.17) is 0 Å². The summed E-state index contributed by atoms with van der Waals surface area (Å²) in [6, 6.07) is 2.20. The molecule has 0 bridgehead atoms. The minimum absolute atomic E-state index is 0.663.